The van der Waals surface area contributed by atoms with E-state index in [1.54, 1.807) is 13.8 Å². The van der Waals surface area contributed by atoms with Gasteiger partial charge in [-0.25, -0.2) is 9.78 Å². The summed E-state index contributed by atoms with van der Waals surface area (Å²) in [5, 5.41) is 0. The highest BCUT2D eigenvalue weighted by Gasteiger charge is 2.13. The largest absolute Gasteiger partial charge is 0.461 e. The van der Waals surface area contributed by atoms with Crippen molar-refractivity contribution >= 4 is 11.8 Å². The maximum absolute atomic E-state index is 11.1. The van der Waals surface area contributed by atoms with E-state index >= 15 is 0 Å². The summed E-state index contributed by atoms with van der Waals surface area (Å²) < 4.78 is 4.73. The molecule has 66 valence electrons. The average molecular weight is 169 g/mol. The number of carbonyl (C=O) groups is 1. The van der Waals surface area contributed by atoms with Crippen LogP contribution in [-0.4, -0.2) is 22.5 Å². The lowest BCUT2D eigenvalue weighted by atomic mass is 10.4. The van der Waals surface area contributed by atoms with Crippen LogP contribution >= 0.6 is 0 Å². The van der Waals surface area contributed by atoms with Crippen LogP contribution in [0.3, 0.4) is 0 Å². The average Bonchev–Trinajstić information content (AvgIpc) is 2.30. The molecule has 1 rings (SSSR count). The van der Waals surface area contributed by atoms with Crippen molar-refractivity contribution in [2.24, 2.45) is 0 Å². The van der Waals surface area contributed by atoms with Gasteiger partial charge in [0.1, 0.15) is 5.82 Å². The van der Waals surface area contributed by atoms with E-state index in [0.29, 0.717) is 12.4 Å². The minimum atomic E-state index is -0.462. The van der Waals surface area contributed by atoms with Gasteiger partial charge in [-0.2, -0.15) is 0 Å². The maximum Gasteiger partial charge on any atom is 0.358 e. The summed E-state index contributed by atoms with van der Waals surface area (Å²) in [7, 11) is 0. The highest BCUT2D eigenvalue weighted by molar-refractivity contribution is 5.92. The molecule has 5 nitrogen and oxygen atoms in total. The molecule has 0 amide bonds. The molecule has 0 spiro atoms. The van der Waals surface area contributed by atoms with Gasteiger partial charge in [0.15, 0.2) is 11.5 Å². The molecule has 0 radical (unpaired) electrons. The highest BCUT2D eigenvalue weighted by Crippen LogP contribution is 2.08. The van der Waals surface area contributed by atoms with Crippen molar-refractivity contribution in [2.75, 3.05) is 12.3 Å². The Kier molecular flexibility index (Phi) is 2.32. The molecule has 1 aromatic rings. The van der Waals surface area contributed by atoms with Crippen LogP contribution in [0.4, 0.5) is 5.82 Å². The van der Waals surface area contributed by atoms with E-state index in [9.17, 15) is 4.79 Å². The second kappa shape index (κ2) is 3.25. The van der Waals surface area contributed by atoms with E-state index in [-0.39, 0.29) is 11.5 Å². The molecular formula is C7H11N3O2. The number of imidazole rings is 1. The fraction of sp³-hybridized carbons (Fsp3) is 0.429. The lowest BCUT2D eigenvalue weighted by molar-refractivity contribution is 0.0521. The molecule has 5 heteroatoms. The van der Waals surface area contributed by atoms with Gasteiger partial charge in [0.05, 0.1) is 6.61 Å². The van der Waals surface area contributed by atoms with Gasteiger partial charge in [-0.3, -0.25) is 0 Å². The number of anilines is 1. The molecule has 12 heavy (non-hydrogen) atoms. The molecule has 0 fully saturated rings. The predicted octanol–water partition coefficient (Wildman–Crippen LogP) is 0.477. The highest BCUT2D eigenvalue weighted by atomic mass is 16.5. The van der Waals surface area contributed by atoms with E-state index in [1.807, 2.05) is 0 Å². The number of ether oxygens (including phenoxy) is 1. The zero-order chi connectivity index (χ0) is 9.14. The van der Waals surface area contributed by atoms with Crippen LogP contribution in [0.15, 0.2) is 0 Å². The van der Waals surface area contributed by atoms with Crippen LogP contribution < -0.4 is 5.73 Å². The summed E-state index contributed by atoms with van der Waals surface area (Å²) in [6, 6.07) is 0. The van der Waals surface area contributed by atoms with E-state index < -0.39 is 5.97 Å². The number of rotatable bonds is 2. The Bertz CT molecular complexity index is 293. The van der Waals surface area contributed by atoms with Crippen LogP contribution in [0.25, 0.3) is 0 Å². The Labute approximate surface area is 69.9 Å². The standard InChI is InChI=1S/C7H11N3O2/c1-3-12-7(11)5-6(8)10-4(2)9-5/h3,8H2,1-2H3,(H,9,10). The van der Waals surface area contributed by atoms with Gasteiger partial charge >= 0.3 is 5.97 Å². The zero-order valence-electron chi connectivity index (χ0n) is 7.05. The van der Waals surface area contributed by atoms with Crippen molar-refractivity contribution in [3.05, 3.63) is 11.5 Å². The number of aryl methyl sites for hydroxylation is 1. The maximum atomic E-state index is 11.1. The fourth-order valence-corrected chi connectivity index (χ4v) is 0.868. The molecule has 1 aromatic heterocycles. The lowest BCUT2D eigenvalue weighted by Crippen LogP contribution is -2.07. The van der Waals surface area contributed by atoms with Crippen molar-refractivity contribution in [1.82, 2.24) is 9.97 Å². The van der Waals surface area contributed by atoms with E-state index in [1.165, 1.54) is 0 Å². The Hall–Kier alpha value is -1.52. The third kappa shape index (κ3) is 1.55. The summed E-state index contributed by atoms with van der Waals surface area (Å²) >= 11 is 0. The first kappa shape index (κ1) is 8.58. The third-order valence-electron chi connectivity index (χ3n) is 1.33. The van der Waals surface area contributed by atoms with Crippen LogP contribution in [0.1, 0.15) is 23.2 Å². The number of aromatic amines is 1. The van der Waals surface area contributed by atoms with Crippen LogP contribution in [0, 0.1) is 6.92 Å². The molecule has 3 N–H and O–H groups in total. The van der Waals surface area contributed by atoms with Crippen molar-refractivity contribution in [3.63, 3.8) is 0 Å². The molecule has 0 saturated heterocycles. The Morgan fingerprint density at radius 3 is 2.83 bits per heavy atom. The fourth-order valence-electron chi connectivity index (χ4n) is 0.868. The molecule has 0 aliphatic rings. The molecule has 1 heterocycles. The number of nitrogens with one attached hydrogen (secondary N) is 1. The topological polar surface area (TPSA) is 81.0 Å². The number of H-pyrrole nitrogens is 1. The second-order valence-corrected chi connectivity index (χ2v) is 2.30. The van der Waals surface area contributed by atoms with E-state index in [4.69, 9.17) is 10.5 Å². The minimum absolute atomic E-state index is 0.186. The van der Waals surface area contributed by atoms with Gasteiger partial charge in [0.2, 0.25) is 0 Å². The van der Waals surface area contributed by atoms with Crippen molar-refractivity contribution in [2.45, 2.75) is 13.8 Å². The van der Waals surface area contributed by atoms with Crippen molar-refractivity contribution in [1.29, 1.82) is 0 Å². The summed E-state index contributed by atoms with van der Waals surface area (Å²) in [6.07, 6.45) is 0. The molecule has 0 atom stereocenters. The monoisotopic (exact) mass is 169 g/mol. The molecule has 0 aliphatic carbocycles. The summed E-state index contributed by atoms with van der Waals surface area (Å²) in [4.78, 5) is 17.7. The molecule has 0 aromatic carbocycles. The minimum Gasteiger partial charge on any atom is -0.461 e. The van der Waals surface area contributed by atoms with Gasteiger partial charge in [-0.1, -0.05) is 0 Å². The third-order valence-corrected chi connectivity index (χ3v) is 1.33. The number of hydrogen-bond donors (Lipinski definition) is 2. The quantitative estimate of drug-likeness (QED) is 0.631. The van der Waals surface area contributed by atoms with Crippen molar-refractivity contribution in [3.8, 4) is 0 Å². The van der Waals surface area contributed by atoms with Crippen molar-refractivity contribution < 1.29 is 9.53 Å². The number of aromatic nitrogens is 2. The number of nitrogens with two attached hydrogens (primary N) is 1. The Balaban J connectivity index is 2.87. The zero-order valence-corrected chi connectivity index (χ0v) is 7.05. The first-order valence-corrected chi connectivity index (χ1v) is 3.64. The SMILES string of the molecule is CCOC(=O)c1[nH]c(C)nc1N. The normalized spacial score (nSPS) is 9.83. The summed E-state index contributed by atoms with van der Waals surface area (Å²) in [5.41, 5.74) is 5.66. The van der Waals surface area contributed by atoms with Crippen LogP contribution in [-0.2, 0) is 4.74 Å². The van der Waals surface area contributed by atoms with E-state index in [0.717, 1.165) is 0 Å². The number of esters is 1. The van der Waals surface area contributed by atoms with Crippen LogP contribution in [0.2, 0.25) is 0 Å². The summed E-state index contributed by atoms with van der Waals surface area (Å²) in [5.74, 6) is 0.331. The van der Waals surface area contributed by atoms with E-state index in [2.05, 4.69) is 9.97 Å². The molecule has 0 bridgehead atoms. The molecule has 0 saturated carbocycles. The van der Waals surface area contributed by atoms with Gasteiger partial charge in [0, 0.05) is 0 Å². The summed E-state index contributed by atoms with van der Waals surface area (Å²) in [6.45, 7) is 3.78. The van der Waals surface area contributed by atoms with Crippen LogP contribution in [0.5, 0.6) is 0 Å². The lowest BCUT2D eigenvalue weighted by Gasteiger charge is -1.97. The van der Waals surface area contributed by atoms with Gasteiger partial charge in [0.25, 0.3) is 0 Å². The first-order valence-electron chi connectivity index (χ1n) is 3.64. The molecule has 0 unspecified atom stereocenters. The van der Waals surface area contributed by atoms with Gasteiger partial charge in [-0.05, 0) is 13.8 Å². The van der Waals surface area contributed by atoms with Gasteiger partial charge < -0.3 is 15.5 Å². The second-order valence-electron chi connectivity index (χ2n) is 2.30. The number of nitrogen functional groups attached to an aromatic ring is 1. The Morgan fingerprint density at radius 2 is 2.42 bits per heavy atom. The number of hydrogen-bond acceptors (Lipinski definition) is 4. The van der Waals surface area contributed by atoms with Gasteiger partial charge in [-0.15, -0.1) is 0 Å². The number of nitrogens with zero attached hydrogens (tertiary/aromatic N) is 1. The Morgan fingerprint density at radius 1 is 1.75 bits per heavy atom. The molecular weight excluding hydrogens is 158 g/mol. The molecule has 0 aliphatic heterocycles. The smallest absolute Gasteiger partial charge is 0.358 e. The first-order chi connectivity index (χ1) is 5.65. The predicted molar refractivity (Wildman–Crippen MR) is 43.7 cm³/mol. The number of carbonyl (C=O) groups excluding carboxylic acids is 1.